The second kappa shape index (κ2) is 8.37. The van der Waals surface area contributed by atoms with Crippen LogP contribution in [0.4, 0.5) is 0 Å². The zero-order chi connectivity index (χ0) is 18.5. The lowest BCUT2D eigenvalue weighted by Crippen LogP contribution is -2.46. The normalized spacial score (nSPS) is 12.3. The number of nitrogens with one attached hydrogen (secondary N) is 1. The van der Waals surface area contributed by atoms with Crippen molar-refractivity contribution < 1.29 is 23.8 Å². The Hall–Kier alpha value is -1.76. The van der Waals surface area contributed by atoms with E-state index in [0.717, 1.165) is 0 Å². The van der Waals surface area contributed by atoms with Crippen LogP contribution in [0.1, 0.15) is 45.0 Å². The fourth-order valence-corrected chi connectivity index (χ4v) is 2.50. The summed E-state index contributed by atoms with van der Waals surface area (Å²) in [6.45, 7) is 9.35. The van der Waals surface area contributed by atoms with Gasteiger partial charge >= 0.3 is 5.97 Å². The van der Waals surface area contributed by atoms with Gasteiger partial charge in [-0.2, -0.15) is 0 Å². The number of rotatable bonds is 6. The summed E-state index contributed by atoms with van der Waals surface area (Å²) >= 11 is 3.34. The first kappa shape index (κ1) is 20.3. The minimum atomic E-state index is -0.909. The minimum absolute atomic E-state index is 0.265. The third-order valence-corrected chi connectivity index (χ3v) is 3.49. The molecule has 6 nitrogen and oxygen atoms in total. The summed E-state index contributed by atoms with van der Waals surface area (Å²) in [5.41, 5.74) is -0.134. The summed E-state index contributed by atoms with van der Waals surface area (Å²) < 4.78 is 16.5. The molecule has 24 heavy (non-hydrogen) atoms. The van der Waals surface area contributed by atoms with Crippen LogP contribution >= 0.6 is 15.9 Å². The molecule has 0 aliphatic heterocycles. The van der Waals surface area contributed by atoms with Crippen molar-refractivity contribution in [3.05, 3.63) is 22.2 Å². The smallest absolute Gasteiger partial charge is 0.339 e. The Labute approximate surface area is 151 Å². The highest BCUT2D eigenvalue weighted by molar-refractivity contribution is 9.10. The van der Waals surface area contributed by atoms with Crippen molar-refractivity contribution in [1.29, 1.82) is 0 Å². The highest BCUT2D eigenvalue weighted by Gasteiger charge is 2.24. The molecule has 0 aliphatic carbocycles. The van der Waals surface area contributed by atoms with E-state index < -0.39 is 17.6 Å². The molecule has 1 amide bonds. The number of halogens is 1. The number of benzene rings is 1. The fraction of sp³-hybridized carbons (Fsp3) is 0.529. The third kappa shape index (κ3) is 5.70. The van der Waals surface area contributed by atoms with Crippen LogP contribution in [0.2, 0.25) is 0 Å². The van der Waals surface area contributed by atoms with E-state index in [1.807, 2.05) is 27.7 Å². The molecule has 1 aromatic carbocycles. The zero-order valence-electron chi connectivity index (χ0n) is 14.9. The molecule has 0 unspecified atom stereocenters. The number of carbonyl (C=O) groups is 2. The molecule has 0 fully saturated rings. The molecule has 0 aromatic heterocycles. The van der Waals surface area contributed by atoms with Crippen LogP contribution in [0.15, 0.2) is 16.6 Å². The molecular formula is C17H24BrNO5. The van der Waals surface area contributed by atoms with Gasteiger partial charge in [0.25, 0.3) is 5.91 Å². The summed E-state index contributed by atoms with van der Waals surface area (Å²) in [6, 6.07) is 3.10. The van der Waals surface area contributed by atoms with Gasteiger partial charge in [0.15, 0.2) is 17.6 Å². The molecule has 0 spiro atoms. The molecule has 7 heteroatoms. The molecule has 0 heterocycles. The van der Waals surface area contributed by atoms with Crippen LogP contribution in [0.25, 0.3) is 0 Å². The first-order valence-electron chi connectivity index (χ1n) is 7.62. The molecule has 1 rings (SSSR count). The highest BCUT2D eigenvalue weighted by Crippen LogP contribution is 2.36. The second-order valence-electron chi connectivity index (χ2n) is 6.21. The maximum Gasteiger partial charge on any atom is 0.339 e. The van der Waals surface area contributed by atoms with Gasteiger partial charge in [0.2, 0.25) is 0 Å². The summed E-state index contributed by atoms with van der Waals surface area (Å²) in [4.78, 5) is 24.3. The van der Waals surface area contributed by atoms with Gasteiger partial charge in [-0.15, -0.1) is 0 Å². The number of amides is 1. The van der Waals surface area contributed by atoms with Crippen LogP contribution in [-0.2, 0) is 9.53 Å². The maximum atomic E-state index is 12.3. The van der Waals surface area contributed by atoms with Crippen molar-refractivity contribution >= 4 is 27.8 Å². The van der Waals surface area contributed by atoms with Gasteiger partial charge in [0.1, 0.15) is 0 Å². The van der Waals surface area contributed by atoms with E-state index in [0.29, 0.717) is 22.6 Å². The van der Waals surface area contributed by atoms with Crippen molar-refractivity contribution in [2.75, 3.05) is 13.7 Å². The Morgan fingerprint density at radius 3 is 2.42 bits per heavy atom. The Morgan fingerprint density at radius 1 is 1.29 bits per heavy atom. The monoisotopic (exact) mass is 401 g/mol. The number of hydrogen-bond donors (Lipinski definition) is 1. The van der Waals surface area contributed by atoms with Crippen molar-refractivity contribution in [2.45, 2.75) is 46.3 Å². The average molecular weight is 402 g/mol. The van der Waals surface area contributed by atoms with Gasteiger partial charge in [-0.05, 0) is 62.7 Å². The zero-order valence-corrected chi connectivity index (χ0v) is 16.4. The summed E-state index contributed by atoms with van der Waals surface area (Å²) in [6.07, 6.45) is -0.909. The van der Waals surface area contributed by atoms with Gasteiger partial charge in [-0.3, -0.25) is 4.79 Å². The predicted octanol–water partition coefficient (Wildman–Crippen LogP) is 3.32. The molecule has 0 radical (unpaired) electrons. The SMILES string of the molecule is CCOc1cc(C(=O)O[C@@H](C)C(=O)NC(C)(C)C)cc(Br)c1OC. The predicted molar refractivity (Wildman–Crippen MR) is 94.6 cm³/mol. The maximum absolute atomic E-state index is 12.3. The average Bonchev–Trinajstić information content (AvgIpc) is 2.45. The minimum Gasteiger partial charge on any atom is -0.492 e. The molecule has 1 atom stereocenters. The Balaban J connectivity index is 2.93. The second-order valence-corrected chi connectivity index (χ2v) is 7.06. The third-order valence-electron chi connectivity index (χ3n) is 2.90. The van der Waals surface area contributed by atoms with Gasteiger partial charge in [-0.1, -0.05) is 0 Å². The quantitative estimate of drug-likeness (QED) is 0.739. The molecule has 1 aromatic rings. The van der Waals surface area contributed by atoms with Crippen molar-refractivity contribution in [3.63, 3.8) is 0 Å². The van der Waals surface area contributed by atoms with Crippen LogP contribution in [0.3, 0.4) is 0 Å². The first-order valence-corrected chi connectivity index (χ1v) is 8.41. The molecule has 0 saturated carbocycles. The summed E-state index contributed by atoms with van der Waals surface area (Å²) in [5, 5.41) is 2.77. The molecule has 1 N–H and O–H groups in total. The lowest BCUT2D eigenvalue weighted by atomic mass is 10.1. The number of esters is 1. The number of ether oxygens (including phenoxy) is 3. The number of carbonyl (C=O) groups excluding carboxylic acids is 2. The lowest BCUT2D eigenvalue weighted by molar-refractivity contribution is -0.130. The Kier molecular flexibility index (Phi) is 7.08. The Bertz CT molecular complexity index is 610. The highest BCUT2D eigenvalue weighted by atomic mass is 79.9. The Morgan fingerprint density at radius 2 is 1.92 bits per heavy atom. The summed E-state index contributed by atoms with van der Waals surface area (Å²) in [7, 11) is 1.51. The molecule has 0 saturated heterocycles. The largest absolute Gasteiger partial charge is 0.492 e. The number of hydrogen-bond acceptors (Lipinski definition) is 5. The topological polar surface area (TPSA) is 73.9 Å². The van der Waals surface area contributed by atoms with Crippen LogP contribution in [-0.4, -0.2) is 37.2 Å². The van der Waals surface area contributed by atoms with Crippen LogP contribution in [0, 0.1) is 0 Å². The molecule has 0 bridgehead atoms. The molecule has 0 aliphatic rings. The number of methoxy groups -OCH3 is 1. The van der Waals surface area contributed by atoms with E-state index in [-0.39, 0.29) is 11.5 Å². The van der Waals surface area contributed by atoms with Gasteiger partial charge in [0, 0.05) is 5.54 Å². The van der Waals surface area contributed by atoms with Crippen molar-refractivity contribution in [3.8, 4) is 11.5 Å². The van der Waals surface area contributed by atoms with Gasteiger partial charge in [0.05, 0.1) is 23.8 Å². The van der Waals surface area contributed by atoms with Crippen LogP contribution < -0.4 is 14.8 Å². The standard InChI is InChI=1S/C17H24BrNO5/c1-7-23-13-9-11(8-12(18)14(13)22-6)16(21)24-10(2)15(20)19-17(3,4)5/h8-10H,7H2,1-6H3,(H,19,20)/t10-/m0/s1. The van der Waals surface area contributed by atoms with E-state index in [1.165, 1.54) is 20.1 Å². The van der Waals surface area contributed by atoms with Crippen LogP contribution in [0.5, 0.6) is 11.5 Å². The van der Waals surface area contributed by atoms with E-state index >= 15 is 0 Å². The first-order chi connectivity index (χ1) is 11.1. The van der Waals surface area contributed by atoms with E-state index in [9.17, 15) is 9.59 Å². The van der Waals surface area contributed by atoms with E-state index in [2.05, 4.69) is 21.2 Å². The van der Waals surface area contributed by atoms with Gasteiger partial charge in [-0.25, -0.2) is 4.79 Å². The van der Waals surface area contributed by atoms with Gasteiger partial charge < -0.3 is 19.5 Å². The van der Waals surface area contributed by atoms with Crippen molar-refractivity contribution in [1.82, 2.24) is 5.32 Å². The summed E-state index contributed by atoms with van der Waals surface area (Å²) in [5.74, 6) is -0.0515. The lowest BCUT2D eigenvalue weighted by Gasteiger charge is -2.23. The van der Waals surface area contributed by atoms with E-state index in [4.69, 9.17) is 14.2 Å². The van der Waals surface area contributed by atoms with Crippen molar-refractivity contribution in [2.24, 2.45) is 0 Å². The molecule has 134 valence electrons. The molecular weight excluding hydrogens is 378 g/mol. The fourth-order valence-electron chi connectivity index (χ4n) is 1.90. The van der Waals surface area contributed by atoms with E-state index in [1.54, 1.807) is 6.07 Å².